The molecule has 0 saturated carbocycles. The maximum atomic E-state index is 13.3. The van der Waals surface area contributed by atoms with Crippen molar-refractivity contribution in [3.63, 3.8) is 0 Å². The number of carbonyl (C=O) groups excluding carboxylic acids is 1. The summed E-state index contributed by atoms with van der Waals surface area (Å²) in [6.45, 7) is 2.36. The second kappa shape index (κ2) is 8.49. The van der Waals surface area contributed by atoms with Gasteiger partial charge in [-0.15, -0.1) is 0 Å². The van der Waals surface area contributed by atoms with Crippen molar-refractivity contribution in [2.45, 2.75) is 32.0 Å². The van der Waals surface area contributed by atoms with Crippen LogP contribution in [0.2, 0.25) is 0 Å². The molecule has 0 radical (unpaired) electrons. The van der Waals surface area contributed by atoms with Crippen LogP contribution in [-0.2, 0) is 17.8 Å². The van der Waals surface area contributed by atoms with Crippen molar-refractivity contribution in [3.05, 3.63) is 58.9 Å². The minimum atomic E-state index is -0.235. The molecular formula is C22H27FN4O2. The van der Waals surface area contributed by atoms with E-state index in [-0.39, 0.29) is 17.9 Å². The van der Waals surface area contributed by atoms with Gasteiger partial charge in [-0.3, -0.25) is 10.1 Å². The summed E-state index contributed by atoms with van der Waals surface area (Å²) >= 11 is 0. The molecule has 2 aromatic carbocycles. The highest BCUT2D eigenvalue weighted by Gasteiger charge is 2.25. The number of hydrazine groups is 1. The van der Waals surface area contributed by atoms with Gasteiger partial charge in [0.2, 0.25) is 5.91 Å². The molecule has 4 rings (SSSR count). The van der Waals surface area contributed by atoms with E-state index in [0.29, 0.717) is 13.0 Å². The van der Waals surface area contributed by atoms with Crippen LogP contribution in [0.15, 0.2) is 36.4 Å². The summed E-state index contributed by atoms with van der Waals surface area (Å²) in [5, 5.41) is 5.63. The van der Waals surface area contributed by atoms with E-state index in [4.69, 9.17) is 4.74 Å². The molecule has 2 aliphatic rings. The zero-order valence-electron chi connectivity index (χ0n) is 16.9. The number of hydrogen-bond acceptors (Lipinski definition) is 5. The van der Waals surface area contributed by atoms with Crippen molar-refractivity contribution in [1.29, 1.82) is 0 Å². The molecule has 154 valence electrons. The second-order valence-corrected chi connectivity index (χ2v) is 7.54. The lowest BCUT2D eigenvalue weighted by Crippen LogP contribution is -2.51. The van der Waals surface area contributed by atoms with Crippen molar-refractivity contribution in [2.24, 2.45) is 0 Å². The fraction of sp³-hybridized carbons (Fsp3) is 0.409. The van der Waals surface area contributed by atoms with Crippen LogP contribution in [0.5, 0.6) is 5.75 Å². The van der Waals surface area contributed by atoms with Gasteiger partial charge in [0, 0.05) is 37.8 Å². The molecule has 0 spiro atoms. The molecule has 2 heterocycles. The molecule has 1 atom stereocenters. The number of anilines is 1. The summed E-state index contributed by atoms with van der Waals surface area (Å²) in [4.78, 5) is 13.8. The number of aryl methyl sites for hydroxylation is 1. The number of hydrogen-bond donors (Lipinski definition) is 2. The Kier molecular flexibility index (Phi) is 5.80. The van der Waals surface area contributed by atoms with Gasteiger partial charge in [-0.25, -0.2) is 14.8 Å². The fourth-order valence-corrected chi connectivity index (χ4v) is 4.07. The minimum Gasteiger partial charge on any atom is -0.496 e. The van der Waals surface area contributed by atoms with Gasteiger partial charge < -0.3 is 9.64 Å². The van der Waals surface area contributed by atoms with Crippen molar-refractivity contribution < 1.29 is 13.9 Å². The largest absolute Gasteiger partial charge is 0.496 e. The average molecular weight is 398 g/mol. The van der Waals surface area contributed by atoms with Crippen LogP contribution in [-0.4, -0.2) is 38.2 Å². The number of amides is 1. The van der Waals surface area contributed by atoms with Gasteiger partial charge in [0.15, 0.2) is 0 Å². The second-order valence-electron chi connectivity index (χ2n) is 7.54. The normalized spacial score (nSPS) is 19.9. The molecule has 0 aromatic heterocycles. The van der Waals surface area contributed by atoms with Crippen molar-refractivity contribution in [2.75, 3.05) is 32.1 Å². The number of ether oxygens (including phenoxy) is 1. The minimum absolute atomic E-state index is 0.0303. The summed E-state index contributed by atoms with van der Waals surface area (Å²) in [6.07, 6.45) is 2.26. The molecule has 29 heavy (non-hydrogen) atoms. The molecule has 2 N–H and O–H groups in total. The summed E-state index contributed by atoms with van der Waals surface area (Å²) in [5.41, 5.74) is 7.60. The quantitative estimate of drug-likeness (QED) is 0.811. The predicted molar refractivity (Wildman–Crippen MR) is 110 cm³/mol. The van der Waals surface area contributed by atoms with E-state index in [2.05, 4.69) is 15.8 Å². The van der Waals surface area contributed by atoms with Crippen LogP contribution in [0.4, 0.5) is 10.1 Å². The molecule has 6 nitrogen and oxygen atoms in total. The Morgan fingerprint density at radius 1 is 1.24 bits per heavy atom. The first-order valence-corrected chi connectivity index (χ1v) is 10.0. The number of nitrogens with one attached hydrogen (secondary N) is 2. The van der Waals surface area contributed by atoms with E-state index in [1.165, 1.54) is 12.1 Å². The molecule has 0 bridgehead atoms. The van der Waals surface area contributed by atoms with Crippen molar-refractivity contribution in [3.8, 4) is 5.75 Å². The van der Waals surface area contributed by atoms with Crippen LogP contribution in [0.25, 0.3) is 0 Å². The number of carbonyl (C=O) groups is 1. The summed E-state index contributed by atoms with van der Waals surface area (Å²) in [7, 11) is 3.50. The molecule has 1 fully saturated rings. The van der Waals surface area contributed by atoms with Gasteiger partial charge in [0.05, 0.1) is 13.3 Å². The Hall–Kier alpha value is -2.48. The fourth-order valence-electron chi connectivity index (χ4n) is 4.07. The molecule has 1 amide bonds. The molecule has 2 aliphatic heterocycles. The molecular weight excluding hydrogens is 371 g/mol. The van der Waals surface area contributed by atoms with E-state index in [0.717, 1.165) is 54.1 Å². The van der Waals surface area contributed by atoms with Crippen LogP contribution < -0.4 is 20.4 Å². The topological polar surface area (TPSA) is 56.8 Å². The summed E-state index contributed by atoms with van der Waals surface area (Å²) in [5.74, 6) is 0.724. The first-order chi connectivity index (χ1) is 14.1. The molecule has 7 heteroatoms. The number of fused-ring (bicyclic) bond motifs is 1. The third kappa shape index (κ3) is 4.12. The van der Waals surface area contributed by atoms with Crippen molar-refractivity contribution >= 4 is 11.6 Å². The Balaban J connectivity index is 1.54. The van der Waals surface area contributed by atoms with Gasteiger partial charge in [0.25, 0.3) is 0 Å². The number of rotatable bonds is 5. The maximum Gasteiger partial charge on any atom is 0.227 e. The zero-order valence-corrected chi connectivity index (χ0v) is 16.9. The molecule has 1 saturated heterocycles. The third-order valence-corrected chi connectivity index (χ3v) is 5.71. The average Bonchev–Trinajstić information content (AvgIpc) is 2.75. The van der Waals surface area contributed by atoms with Gasteiger partial charge in [0.1, 0.15) is 11.6 Å². The number of nitrogens with zero attached hydrogens (tertiary/aromatic N) is 2. The lowest BCUT2D eigenvalue weighted by Gasteiger charge is -2.37. The molecule has 0 aliphatic carbocycles. The third-order valence-electron chi connectivity index (χ3n) is 5.71. The first-order valence-electron chi connectivity index (χ1n) is 10.0. The van der Waals surface area contributed by atoms with Gasteiger partial charge in [-0.1, -0.05) is 12.1 Å². The summed E-state index contributed by atoms with van der Waals surface area (Å²) < 4.78 is 18.9. The summed E-state index contributed by atoms with van der Waals surface area (Å²) in [6, 6.07) is 10.7. The Bertz CT molecular complexity index is 887. The van der Waals surface area contributed by atoms with Crippen LogP contribution in [0.3, 0.4) is 0 Å². The highest BCUT2D eigenvalue weighted by Crippen LogP contribution is 2.33. The SMILES string of the molecule is COc1cc2c(cc1CNN1CCCN[C@H]1c1ccc(F)cc1)N(C)C(=O)CC2. The lowest BCUT2D eigenvalue weighted by molar-refractivity contribution is -0.118. The zero-order chi connectivity index (χ0) is 20.4. The van der Waals surface area contributed by atoms with E-state index < -0.39 is 0 Å². The standard InChI is InChI=1S/C22H27FN4O2/c1-26-19-12-17(20(29-2)13-16(19)6-9-21(26)28)14-25-27-11-3-10-24-22(27)15-4-7-18(23)8-5-15/h4-5,7-8,12-13,22,24-25H,3,6,9-11,14H2,1-2H3/t22-/m1/s1. The molecule has 0 unspecified atom stereocenters. The van der Waals surface area contributed by atoms with E-state index >= 15 is 0 Å². The highest BCUT2D eigenvalue weighted by atomic mass is 19.1. The number of methoxy groups -OCH3 is 1. The monoisotopic (exact) mass is 398 g/mol. The molecule has 2 aromatic rings. The Morgan fingerprint density at radius 2 is 2.03 bits per heavy atom. The van der Waals surface area contributed by atoms with Gasteiger partial charge in [-0.2, -0.15) is 0 Å². The number of benzene rings is 2. The van der Waals surface area contributed by atoms with Crippen molar-refractivity contribution in [1.82, 2.24) is 15.8 Å². The predicted octanol–water partition coefficient (Wildman–Crippen LogP) is 2.74. The smallest absolute Gasteiger partial charge is 0.227 e. The first kappa shape index (κ1) is 19.8. The Morgan fingerprint density at radius 3 is 2.79 bits per heavy atom. The number of halogens is 1. The van der Waals surface area contributed by atoms with E-state index in [1.807, 2.05) is 31.3 Å². The van der Waals surface area contributed by atoms with Crippen LogP contribution in [0.1, 0.15) is 35.7 Å². The van der Waals surface area contributed by atoms with Crippen LogP contribution in [0, 0.1) is 5.82 Å². The maximum absolute atomic E-state index is 13.3. The lowest BCUT2D eigenvalue weighted by atomic mass is 9.98. The Labute approximate surface area is 170 Å². The van der Waals surface area contributed by atoms with Gasteiger partial charge >= 0.3 is 0 Å². The van der Waals surface area contributed by atoms with Crippen LogP contribution >= 0.6 is 0 Å². The highest BCUT2D eigenvalue weighted by molar-refractivity contribution is 5.96. The van der Waals surface area contributed by atoms with E-state index in [9.17, 15) is 9.18 Å². The van der Waals surface area contributed by atoms with E-state index in [1.54, 1.807) is 12.0 Å². The van der Waals surface area contributed by atoms with Gasteiger partial charge in [-0.05, 0) is 54.8 Å².